The zero-order chi connectivity index (χ0) is 22.3. The minimum atomic E-state index is -0.255. The van der Waals surface area contributed by atoms with Crippen molar-refractivity contribution in [3.05, 3.63) is 59.7 Å². The number of anilines is 2. The van der Waals surface area contributed by atoms with Crippen LogP contribution in [0, 0.1) is 0 Å². The highest BCUT2D eigenvalue weighted by Gasteiger charge is 2.20. The Balaban J connectivity index is 1.26. The molecule has 6 heteroatoms. The molecule has 2 fully saturated rings. The Morgan fingerprint density at radius 1 is 0.938 bits per heavy atom. The molecular weight excluding hydrogens is 400 g/mol. The Morgan fingerprint density at radius 2 is 1.53 bits per heavy atom. The summed E-state index contributed by atoms with van der Waals surface area (Å²) < 4.78 is 0. The van der Waals surface area contributed by atoms with Gasteiger partial charge in [0.1, 0.15) is 0 Å². The fourth-order valence-electron chi connectivity index (χ4n) is 4.67. The highest BCUT2D eigenvalue weighted by molar-refractivity contribution is 5.77. The third kappa shape index (κ3) is 6.31. The van der Waals surface area contributed by atoms with Crippen molar-refractivity contribution in [3.8, 4) is 0 Å². The maximum atomic E-state index is 12.4. The fraction of sp³-hybridized carbons (Fsp3) is 0.500. The zero-order valence-electron chi connectivity index (χ0n) is 19.2. The number of carbonyl (C=O) groups excluding carboxylic acids is 1. The van der Waals surface area contributed by atoms with Gasteiger partial charge in [0.05, 0.1) is 13.1 Å². The number of likely N-dealkylation sites (N-methyl/N-ethyl adjacent to an activating group) is 1. The molecule has 0 bridgehead atoms. The van der Waals surface area contributed by atoms with E-state index in [4.69, 9.17) is 0 Å². The summed E-state index contributed by atoms with van der Waals surface area (Å²) in [5.74, 6) is 0.465. The molecule has 6 nitrogen and oxygen atoms in total. The summed E-state index contributed by atoms with van der Waals surface area (Å²) in [7, 11) is 2.09. The van der Waals surface area contributed by atoms with E-state index in [0.717, 1.165) is 54.1 Å². The summed E-state index contributed by atoms with van der Waals surface area (Å²) in [4.78, 5) is 16.7. The normalized spacial score (nSPS) is 18.4. The lowest BCUT2D eigenvalue weighted by molar-refractivity contribution is -0.169. The van der Waals surface area contributed by atoms with Gasteiger partial charge in [-0.3, -0.25) is 14.9 Å². The SMILES string of the molecule is CN1CCN(CC(=O)N(O)Cc2ccc(Nc3ccc(C4CCCCC4)cc3)cc2)CC1. The van der Waals surface area contributed by atoms with Crippen LogP contribution in [0.15, 0.2) is 48.5 Å². The van der Waals surface area contributed by atoms with Gasteiger partial charge < -0.3 is 10.2 Å². The maximum absolute atomic E-state index is 12.4. The molecule has 0 aromatic heterocycles. The molecule has 0 unspecified atom stereocenters. The summed E-state index contributed by atoms with van der Waals surface area (Å²) in [6, 6.07) is 16.7. The van der Waals surface area contributed by atoms with Gasteiger partial charge in [-0.2, -0.15) is 0 Å². The largest absolute Gasteiger partial charge is 0.356 e. The molecule has 32 heavy (non-hydrogen) atoms. The number of hydroxylamine groups is 2. The monoisotopic (exact) mass is 436 g/mol. The van der Waals surface area contributed by atoms with Crippen molar-refractivity contribution in [1.29, 1.82) is 0 Å². The number of piperazine rings is 1. The van der Waals surface area contributed by atoms with Crippen LogP contribution in [0.4, 0.5) is 11.4 Å². The zero-order valence-corrected chi connectivity index (χ0v) is 19.2. The summed E-state index contributed by atoms with van der Waals surface area (Å²) >= 11 is 0. The number of hydrogen-bond donors (Lipinski definition) is 2. The van der Waals surface area contributed by atoms with Crippen molar-refractivity contribution in [2.75, 3.05) is 45.1 Å². The van der Waals surface area contributed by atoms with Crippen LogP contribution in [-0.2, 0) is 11.3 Å². The maximum Gasteiger partial charge on any atom is 0.260 e. The van der Waals surface area contributed by atoms with E-state index in [1.807, 2.05) is 24.3 Å². The molecule has 0 radical (unpaired) electrons. The standard InChI is InChI=1S/C26H36N4O2/c1-28-15-17-29(18-16-28)20-26(31)30(32)19-21-7-11-24(12-8-21)27-25-13-9-23(10-14-25)22-5-3-2-4-6-22/h7-14,22,27,32H,2-6,15-20H2,1H3. The average molecular weight is 437 g/mol. The van der Waals surface area contributed by atoms with Gasteiger partial charge in [-0.1, -0.05) is 43.5 Å². The van der Waals surface area contributed by atoms with E-state index in [0.29, 0.717) is 0 Å². The van der Waals surface area contributed by atoms with Crippen LogP contribution in [0.1, 0.15) is 49.1 Å². The van der Waals surface area contributed by atoms with Crippen molar-refractivity contribution in [2.24, 2.45) is 0 Å². The van der Waals surface area contributed by atoms with Gasteiger partial charge in [0.15, 0.2) is 0 Å². The van der Waals surface area contributed by atoms with Crippen molar-refractivity contribution < 1.29 is 10.0 Å². The Morgan fingerprint density at radius 3 is 2.16 bits per heavy atom. The molecule has 1 aliphatic heterocycles. The number of amides is 1. The van der Waals surface area contributed by atoms with E-state index in [1.54, 1.807) is 0 Å². The average Bonchev–Trinajstić information content (AvgIpc) is 2.83. The van der Waals surface area contributed by atoms with Crippen molar-refractivity contribution in [1.82, 2.24) is 14.9 Å². The third-order valence-electron chi connectivity index (χ3n) is 6.80. The van der Waals surface area contributed by atoms with Crippen LogP contribution >= 0.6 is 0 Å². The molecule has 172 valence electrons. The van der Waals surface area contributed by atoms with Crippen molar-refractivity contribution in [3.63, 3.8) is 0 Å². The summed E-state index contributed by atoms with van der Waals surface area (Å²) in [6.45, 7) is 4.09. The first-order chi connectivity index (χ1) is 15.6. The van der Waals surface area contributed by atoms with Gasteiger partial charge in [-0.25, -0.2) is 5.06 Å². The van der Waals surface area contributed by atoms with Crippen LogP contribution in [0.2, 0.25) is 0 Å². The number of nitrogens with one attached hydrogen (secondary N) is 1. The second kappa shape index (κ2) is 10.9. The van der Waals surface area contributed by atoms with Crippen LogP contribution in [0.25, 0.3) is 0 Å². The van der Waals surface area contributed by atoms with Crippen molar-refractivity contribution >= 4 is 17.3 Å². The van der Waals surface area contributed by atoms with Crippen LogP contribution in [0.3, 0.4) is 0 Å². The molecule has 4 rings (SSSR count). The number of benzene rings is 2. The molecule has 1 heterocycles. The number of carbonyl (C=O) groups is 1. The molecule has 0 atom stereocenters. The van der Waals surface area contributed by atoms with Gasteiger partial charge in [0.2, 0.25) is 0 Å². The van der Waals surface area contributed by atoms with E-state index < -0.39 is 0 Å². The van der Waals surface area contributed by atoms with Gasteiger partial charge in [0.25, 0.3) is 5.91 Å². The van der Waals surface area contributed by atoms with E-state index in [9.17, 15) is 10.0 Å². The molecule has 2 aliphatic rings. The molecule has 1 amide bonds. The molecule has 1 aliphatic carbocycles. The van der Waals surface area contributed by atoms with Gasteiger partial charge >= 0.3 is 0 Å². The highest BCUT2D eigenvalue weighted by Crippen LogP contribution is 2.33. The van der Waals surface area contributed by atoms with Gasteiger partial charge in [0, 0.05) is 37.6 Å². The summed E-state index contributed by atoms with van der Waals surface area (Å²) in [5.41, 5.74) is 4.42. The minimum Gasteiger partial charge on any atom is -0.356 e. The van der Waals surface area contributed by atoms with Crippen molar-refractivity contribution in [2.45, 2.75) is 44.6 Å². The molecule has 1 saturated heterocycles. The van der Waals surface area contributed by atoms with E-state index in [2.05, 4.69) is 46.4 Å². The molecule has 2 aromatic carbocycles. The van der Waals surface area contributed by atoms with E-state index in [1.165, 1.54) is 37.7 Å². The number of nitrogens with zero attached hydrogens (tertiary/aromatic N) is 3. The van der Waals surface area contributed by atoms with E-state index in [-0.39, 0.29) is 19.0 Å². The predicted molar refractivity (Wildman–Crippen MR) is 128 cm³/mol. The number of hydrogen-bond acceptors (Lipinski definition) is 5. The molecule has 0 spiro atoms. The molecule has 2 N–H and O–H groups in total. The smallest absolute Gasteiger partial charge is 0.260 e. The number of rotatable bonds is 7. The van der Waals surface area contributed by atoms with Crippen LogP contribution in [0.5, 0.6) is 0 Å². The van der Waals surface area contributed by atoms with E-state index >= 15 is 0 Å². The summed E-state index contributed by atoms with van der Waals surface area (Å²) in [6.07, 6.45) is 6.71. The first kappa shape index (κ1) is 22.8. The molecular formula is C26H36N4O2. The topological polar surface area (TPSA) is 59.0 Å². The Bertz CT molecular complexity index is 854. The molecule has 1 saturated carbocycles. The minimum absolute atomic E-state index is 0.197. The van der Waals surface area contributed by atoms with Crippen LogP contribution < -0.4 is 5.32 Å². The highest BCUT2D eigenvalue weighted by atomic mass is 16.5. The Hall–Kier alpha value is -2.41. The first-order valence-electron chi connectivity index (χ1n) is 11.9. The predicted octanol–water partition coefficient (Wildman–Crippen LogP) is 4.44. The van der Waals surface area contributed by atoms with Gasteiger partial charge in [-0.05, 0) is 61.2 Å². The quantitative estimate of drug-likeness (QED) is 0.496. The second-order valence-electron chi connectivity index (χ2n) is 9.31. The molecule has 2 aromatic rings. The third-order valence-corrected chi connectivity index (χ3v) is 6.80. The summed E-state index contributed by atoms with van der Waals surface area (Å²) in [5, 5.41) is 14.5. The Labute approximate surface area is 191 Å². The fourth-order valence-corrected chi connectivity index (χ4v) is 4.67. The van der Waals surface area contributed by atoms with Gasteiger partial charge in [-0.15, -0.1) is 0 Å². The second-order valence-corrected chi connectivity index (χ2v) is 9.31. The lowest BCUT2D eigenvalue weighted by Gasteiger charge is -2.32. The Kier molecular flexibility index (Phi) is 7.79. The lowest BCUT2D eigenvalue weighted by Crippen LogP contribution is -2.48. The van der Waals surface area contributed by atoms with Crippen LogP contribution in [-0.4, -0.2) is 65.7 Å². The first-order valence-corrected chi connectivity index (χ1v) is 11.9. The lowest BCUT2D eigenvalue weighted by atomic mass is 9.84.